The van der Waals surface area contributed by atoms with E-state index in [0.29, 0.717) is 5.92 Å². The van der Waals surface area contributed by atoms with Gasteiger partial charge in [0.1, 0.15) is 11.6 Å². The largest absolute Gasteiger partial charge is 0.370 e. The molecule has 0 amide bonds. The van der Waals surface area contributed by atoms with E-state index in [1.165, 1.54) is 0 Å². The number of hydrogen-bond donors (Lipinski definition) is 1. The molecule has 0 atom stereocenters. The van der Waals surface area contributed by atoms with Crippen molar-refractivity contribution in [2.75, 3.05) is 11.9 Å². The molecule has 0 fully saturated rings. The maximum absolute atomic E-state index is 4.48. The molecule has 1 aromatic heterocycles. The SMILES string of the molecule is CCNc1ccnc(C(CC)CC)n1. The molecule has 78 valence electrons. The second-order valence-corrected chi connectivity index (χ2v) is 3.34. The highest BCUT2D eigenvalue weighted by Crippen LogP contribution is 2.19. The van der Waals surface area contributed by atoms with E-state index in [-0.39, 0.29) is 0 Å². The van der Waals surface area contributed by atoms with Crippen LogP contribution in [0.3, 0.4) is 0 Å². The van der Waals surface area contributed by atoms with Gasteiger partial charge in [-0.15, -0.1) is 0 Å². The van der Waals surface area contributed by atoms with Crippen LogP contribution in [0.25, 0.3) is 0 Å². The lowest BCUT2D eigenvalue weighted by molar-refractivity contribution is 0.602. The third kappa shape index (κ3) is 2.69. The predicted molar refractivity (Wildman–Crippen MR) is 59.5 cm³/mol. The van der Waals surface area contributed by atoms with Gasteiger partial charge in [0.15, 0.2) is 0 Å². The Hall–Kier alpha value is -1.12. The molecule has 0 saturated carbocycles. The number of anilines is 1. The highest BCUT2D eigenvalue weighted by molar-refractivity contribution is 5.32. The fraction of sp³-hybridized carbons (Fsp3) is 0.636. The summed E-state index contributed by atoms with van der Waals surface area (Å²) in [5.41, 5.74) is 0. The zero-order valence-electron chi connectivity index (χ0n) is 9.25. The van der Waals surface area contributed by atoms with E-state index in [2.05, 4.69) is 36.1 Å². The molecule has 0 bridgehead atoms. The first-order valence-corrected chi connectivity index (χ1v) is 5.38. The Kier molecular flexibility index (Phi) is 4.36. The highest BCUT2D eigenvalue weighted by Gasteiger charge is 2.09. The van der Waals surface area contributed by atoms with Crippen LogP contribution in [0.5, 0.6) is 0 Å². The standard InChI is InChI=1S/C11H19N3/c1-4-9(5-2)11-13-8-7-10(14-11)12-6-3/h7-9H,4-6H2,1-3H3,(H,12,13,14). The molecule has 0 aromatic carbocycles. The summed E-state index contributed by atoms with van der Waals surface area (Å²) < 4.78 is 0. The smallest absolute Gasteiger partial charge is 0.133 e. The fourth-order valence-electron chi connectivity index (χ4n) is 1.50. The lowest BCUT2D eigenvalue weighted by atomic mass is 10.0. The van der Waals surface area contributed by atoms with E-state index in [0.717, 1.165) is 31.0 Å². The third-order valence-corrected chi connectivity index (χ3v) is 2.38. The van der Waals surface area contributed by atoms with E-state index < -0.39 is 0 Å². The maximum atomic E-state index is 4.48. The van der Waals surface area contributed by atoms with Crippen molar-refractivity contribution in [1.29, 1.82) is 0 Å². The van der Waals surface area contributed by atoms with Crippen LogP contribution in [-0.2, 0) is 0 Å². The summed E-state index contributed by atoms with van der Waals surface area (Å²) in [6, 6.07) is 1.91. The first-order chi connectivity index (χ1) is 6.81. The number of nitrogens with one attached hydrogen (secondary N) is 1. The summed E-state index contributed by atoms with van der Waals surface area (Å²) in [5, 5.41) is 3.20. The summed E-state index contributed by atoms with van der Waals surface area (Å²) in [6.45, 7) is 7.33. The maximum Gasteiger partial charge on any atom is 0.133 e. The second kappa shape index (κ2) is 5.58. The van der Waals surface area contributed by atoms with Gasteiger partial charge in [-0.3, -0.25) is 0 Å². The van der Waals surface area contributed by atoms with Crippen LogP contribution in [0.1, 0.15) is 45.4 Å². The van der Waals surface area contributed by atoms with E-state index in [9.17, 15) is 0 Å². The van der Waals surface area contributed by atoms with E-state index in [1.54, 1.807) is 0 Å². The number of nitrogens with zero attached hydrogens (tertiary/aromatic N) is 2. The van der Waals surface area contributed by atoms with Crippen molar-refractivity contribution in [2.45, 2.75) is 39.5 Å². The molecule has 0 aliphatic heterocycles. The van der Waals surface area contributed by atoms with Gasteiger partial charge < -0.3 is 5.32 Å². The van der Waals surface area contributed by atoms with Gasteiger partial charge >= 0.3 is 0 Å². The summed E-state index contributed by atoms with van der Waals surface area (Å²) in [6.07, 6.45) is 4.04. The minimum Gasteiger partial charge on any atom is -0.370 e. The monoisotopic (exact) mass is 193 g/mol. The second-order valence-electron chi connectivity index (χ2n) is 3.34. The van der Waals surface area contributed by atoms with Crippen molar-refractivity contribution < 1.29 is 0 Å². The first-order valence-electron chi connectivity index (χ1n) is 5.38. The molecular weight excluding hydrogens is 174 g/mol. The highest BCUT2D eigenvalue weighted by atomic mass is 15.0. The molecule has 0 aliphatic rings. The van der Waals surface area contributed by atoms with Gasteiger partial charge in [-0.1, -0.05) is 13.8 Å². The Morgan fingerprint density at radius 3 is 2.57 bits per heavy atom. The Bertz CT molecular complexity index is 269. The molecule has 0 aliphatic carbocycles. The van der Waals surface area contributed by atoms with Gasteiger partial charge in [0.25, 0.3) is 0 Å². The van der Waals surface area contributed by atoms with Crippen LogP contribution in [0, 0.1) is 0 Å². The van der Waals surface area contributed by atoms with Crippen LogP contribution < -0.4 is 5.32 Å². The summed E-state index contributed by atoms with van der Waals surface area (Å²) >= 11 is 0. The number of rotatable bonds is 5. The molecule has 3 nitrogen and oxygen atoms in total. The normalized spacial score (nSPS) is 10.6. The van der Waals surface area contributed by atoms with Crippen molar-refractivity contribution in [1.82, 2.24) is 9.97 Å². The lowest BCUT2D eigenvalue weighted by Gasteiger charge is -2.11. The molecule has 0 spiro atoms. The third-order valence-electron chi connectivity index (χ3n) is 2.38. The van der Waals surface area contributed by atoms with Crippen molar-refractivity contribution in [3.05, 3.63) is 18.1 Å². The van der Waals surface area contributed by atoms with Crippen LogP contribution in [0.2, 0.25) is 0 Å². The van der Waals surface area contributed by atoms with Gasteiger partial charge in [-0.25, -0.2) is 9.97 Å². The number of aromatic nitrogens is 2. The lowest BCUT2D eigenvalue weighted by Crippen LogP contribution is -2.06. The van der Waals surface area contributed by atoms with Crippen LogP contribution in [0.4, 0.5) is 5.82 Å². The topological polar surface area (TPSA) is 37.8 Å². The minimum atomic E-state index is 0.494. The van der Waals surface area contributed by atoms with Crippen LogP contribution in [0.15, 0.2) is 12.3 Å². The fourth-order valence-corrected chi connectivity index (χ4v) is 1.50. The molecule has 1 N–H and O–H groups in total. The van der Waals surface area contributed by atoms with Gasteiger partial charge in [0.05, 0.1) is 0 Å². The average Bonchev–Trinajstić information content (AvgIpc) is 2.21. The Labute approximate surface area is 86.0 Å². The Balaban J connectivity index is 2.81. The van der Waals surface area contributed by atoms with Crippen molar-refractivity contribution in [2.24, 2.45) is 0 Å². The Morgan fingerprint density at radius 2 is 2.00 bits per heavy atom. The molecule has 0 saturated heterocycles. The molecule has 1 heterocycles. The van der Waals surface area contributed by atoms with Crippen molar-refractivity contribution in [3.63, 3.8) is 0 Å². The van der Waals surface area contributed by atoms with Crippen LogP contribution in [-0.4, -0.2) is 16.5 Å². The van der Waals surface area contributed by atoms with E-state index in [4.69, 9.17) is 0 Å². The van der Waals surface area contributed by atoms with E-state index >= 15 is 0 Å². The first kappa shape index (κ1) is 11.0. The number of hydrogen-bond acceptors (Lipinski definition) is 3. The zero-order valence-corrected chi connectivity index (χ0v) is 9.25. The molecule has 0 unspecified atom stereocenters. The van der Waals surface area contributed by atoms with Gasteiger partial charge in [-0.05, 0) is 25.8 Å². The summed E-state index contributed by atoms with van der Waals surface area (Å²) in [4.78, 5) is 8.79. The Morgan fingerprint density at radius 1 is 1.29 bits per heavy atom. The van der Waals surface area contributed by atoms with Gasteiger partial charge in [0.2, 0.25) is 0 Å². The summed E-state index contributed by atoms with van der Waals surface area (Å²) in [7, 11) is 0. The van der Waals surface area contributed by atoms with E-state index in [1.807, 2.05) is 12.3 Å². The molecule has 1 aromatic rings. The van der Waals surface area contributed by atoms with Gasteiger partial charge in [0, 0.05) is 18.7 Å². The average molecular weight is 193 g/mol. The van der Waals surface area contributed by atoms with Crippen molar-refractivity contribution >= 4 is 5.82 Å². The zero-order chi connectivity index (χ0) is 10.4. The molecular formula is C11H19N3. The molecule has 1 rings (SSSR count). The van der Waals surface area contributed by atoms with Crippen molar-refractivity contribution in [3.8, 4) is 0 Å². The predicted octanol–water partition coefficient (Wildman–Crippen LogP) is 2.81. The summed E-state index contributed by atoms with van der Waals surface area (Å²) in [5.74, 6) is 2.39. The molecule has 14 heavy (non-hydrogen) atoms. The van der Waals surface area contributed by atoms with Crippen LogP contribution >= 0.6 is 0 Å². The molecule has 0 radical (unpaired) electrons. The molecule has 3 heteroatoms. The van der Waals surface area contributed by atoms with Gasteiger partial charge in [-0.2, -0.15) is 0 Å². The quantitative estimate of drug-likeness (QED) is 0.781. The minimum absolute atomic E-state index is 0.494.